The van der Waals surface area contributed by atoms with E-state index in [4.69, 9.17) is 0 Å². The lowest BCUT2D eigenvalue weighted by atomic mass is 10.2. The van der Waals surface area contributed by atoms with Crippen molar-refractivity contribution in [2.24, 2.45) is 0 Å². The van der Waals surface area contributed by atoms with Crippen LogP contribution in [-0.4, -0.2) is 11.3 Å². The minimum atomic E-state index is -4.70. The smallest absolute Gasteiger partial charge is 0.406 e. The maximum atomic E-state index is 11.9. The van der Waals surface area contributed by atoms with Crippen LogP contribution in [0.15, 0.2) is 29.6 Å². The van der Waals surface area contributed by atoms with Gasteiger partial charge in [0, 0.05) is 10.9 Å². The Morgan fingerprint density at radius 1 is 1.22 bits per heavy atom. The van der Waals surface area contributed by atoms with Crippen molar-refractivity contribution in [1.82, 2.24) is 4.98 Å². The third-order valence-electron chi connectivity index (χ3n) is 2.03. The highest BCUT2D eigenvalue weighted by molar-refractivity contribution is 7.13. The van der Waals surface area contributed by atoms with Crippen LogP contribution >= 0.6 is 11.3 Å². The van der Waals surface area contributed by atoms with Gasteiger partial charge in [0.15, 0.2) is 0 Å². The van der Waals surface area contributed by atoms with Gasteiger partial charge in [-0.25, -0.2) is 10.1 Å². The Kier molecular flexibility index (Phi) is 3.53. The maximum absolute atomic E-state index is 11.9. The highest BCUT2D eigenvalue weighted by Crippen LogP contribution is 2.28. The van der Waals surface area contributed by atoms with Gasteiger partial charge in [-0.1, -0.05) is 0 Å². The number of halogens is 3. The predicted molar refractivity (Wildman–Crippen MR) is 58.6 cm³/mol. The molecular formula is C11H7F3NO2S. The lowest BCUT2D eigenvalue weighted by Gasteiger charge is -2.08. The molecule has 0 atom stereocenters. The minimum Gasteiger partial charge on any atom is -0.406 e. The number of thiazole rings is 1. The van der Waals surface area contributed by atoms with E-state index in [1.807, 2.05) is 0 Å². The van der Waals surface area contributed by atoms with Gasteiger partial charge >= 0.3 is 6.36 Å². The Labute approximate surface area is 104 Å². The minimum absolute atomic E-state index is 0.285. The summed E-state index contributed by atoms with van der Waals surface area (Å²) in [5.74, 6) is -0.285. The van der Waals surface area contributed by atoms with E-state index in [9.17, 15) is 18.3 Å². The molecule has 18 heavy (non-hydrogen) atoms. The third-order valence-corrected chi connectivity index (χ3v) is 2.97. The van der Waals surface area contributed by atoms with E-state index in [0.29, 0.717) is 16.3 Å². The monoisotopic (exact) mass is 274 g/mol. The molecule has 7 heteroatoms. The SMILES string of the molecule is [O]Cc1csc(-c2ccc(OC(F)(F)F)cc2)n1. The fourth-order valence-electron chi connectivity index (χ4n) is 1.31. The summed E-state index contributed by atoms with van der Waals surface area (Å²) in [6, 6.07) is 5.35. The van der Waals surface area contributed by atoms with Crippen molar-refractivity contribution in [3.63, 3.8) is 0 Å². The summed E-state index contributed by atoms with van der Waals surface area (Å²) in [6.07, 6.45) is -4.70. The van der Waals surface area contributed by atoms with Crippen LogP contribution in [0.25, 0.3) is 10.6 Å². The van der Waals surface area contributed by atoms with Gasteiger partial charge in [-0.15, -0.1) is 24.5 Å². The second-order valence-electron chi connectivity index (χ2n) is 3.36. The van der Waals surface area contributed by atoms with Crippen molar-refractivity contribution in [1.29, 1.82) is 0 Å². The molecule has 95 valence electrons. The molecule has 0 fully saturated rings. The molecule has 0 saturated heterocycles. The fraction of sp³-hybridized carbons (Fsp3) is 0.182. The number of aromatic nitrogens is 1. The van der Waals surface area contributed by atoms with Crippen LogP contribution in [0.5, 0.6) is 5.75 Å². The largest absolute Gasteiger partial charge is 0.573 e. The Morgan fingerprint density at radius 2 is 1.89 bits per heavy atom. The standard InChI is InChI=1S/C11H7F3NO2S/c12-11(13,14)17-9-3-1-7(2-4-9)10-15-8(5-16)6-18-10/h1-4,6H,5H2. The van der Waals surface area contributed by atoms with Crippen LogP contribution < -0.4 is 4.74 Å². The number of benzene rings is 1. The Bertz CT molecular complexity index is 522. The molecule has 2 rings (SSSR count). The van der Waals surface area contributed by atoms with E-state index >= 15 is 0 Å². The molecule has 0 bridgehead atoms. The first-order chi connectivity index (χ1) is 8.48. The van der Waals surface area contributed by atoms with Crippen LogP contribution in [0, 0.1) is 0 Å². The van der Waals surface area contributed by atoms with E-state index in [1.54, 1.807) is 5.38 Å². The molecule has 0 aliphatic carbocycles. The van der Waals surface area contributed by atoms with E-state index < -0.39 is 13.0 Å². The normalized spacial score (nSPS) is 11.6. The molecule has 1 heterocycles. The second-order valence-corrected chi connectivity index (χ2v) is 4.22. The topological polar surface area (TPSA) is 42.0 Å². The zero-order valence-electron chi connectivity index (χ0n) is 8.90. The summed E-state index contributed by atoms with van der Waals surface area (Å²) in [5.41, 5.74) is 1.07. The number of alkyl halides is 3. The Morgan fingerprint density at radius 3 is 2.39 bits per heavy atom. The summed E-state index contributed by atoms with van der Waals surface area (Å²) in [6.45, 7) is -0.411. The first-order valence-electron chi connectivity index (χ1n) is 4.86. The van der Waals surface area contributed by atoms with Crippen LogP contribution in [0.4, 0.5) is 13.2 Å². The molecule has 1 radical (unpaired) electrons. The number of ether oxygens (including phenoxy) is 1. The summed E-state index contributed by atoms with van der Waals surface area (Å²) in [5, 5.41) is 12.8. The van der Waals surface area contributed by atoms with Gasteiger partial charge in [-0.3, -0.25) is 0 Å². The van der Waals surface area contributed by atoms with Crippen molar-refractivity contribution in [3.05, 3.63) is 35.3 Å². The maximum Gasteiger partial charge on any atom is 0.573 e. The molecule has 0 N–H and O–H groups in total. The van der Waals surface area contributed by atoms with E-state index in [-0.39, 0.29) is 5.75 Å². The summed E-state index contributed by atoms with van der Waals surface area (Å²) >= 11 is 1.27. The van der Waals surface area contributed by atoms with Gasteiger partial charge in [0.2, 0.25) is 0 Å². The fourth-order valence-corrected chi connectivity index (χ4v) is 2.12. The van der Waals surface area contributed by atoms with Crippen LogP contribution in [0.1, 0.15) is 5.69 Å². The number of hydrogen-bond donors (Lipinski definition) is 0. The molecule has 1 aromatic heterocycles. The number of rotatable bonds is 3. The van der Waals surface area contributed by atoms with E-state index in [1.165, 1.54) is 35.6 Å². The van der Waals surface area contributed by atoms with Gasteiger partial charge < -0.3 is 4.74 Å². The lowest BCUT2D eigenvalue weighted by molar-refractivity contribution is -0.274. The average molecular weight is 274 g/mol. The molecular weight excluding hydrogens is 267 g/mol. The van der Waals surface area contributed by atoms with Crippen molar-refractivity contribution < 1.29 is 23.0 Å². The molecule has 1 aromatic carbocycles. The van der Waals surface area contributed by atoms with Gasteiger partial charge in [-0.05, 0) is 24.3 Å². The predicted octanol–water partition coefficient (Wildman–Crippen LogP) is 3.64. The van der Waals surface area contributed by atoms with Gasteiger partial charge in [0.25, 0.3) is 0 Å². The number of nitrogens with zero attached hydrogens (tertiary/aromatic N) is 1. The zero-order chi connectivity index (χ0) is 13.2. The highest BCUT2D eigenvalue weighted by atomic mass is 32.1. The summed E-state index contributed by atoms with van der Waals surface area (Å²) < 4.78 is 39.6. The molecule has 0 unspecified atom stereocenters. The Hall–Kier alpha value is -1.60. The van der Waals surface area contributed by atoms with Gasteiger partial charge in [0.05, 0.1) is 5.69 Å². The summed E-state index contributed by atoms with van der Waals surface area (Å²) in [4.78, 5) is 4.05. The quantitative estimate of drug-likeness (QED) is 0.857. The molecule has 0 aliphatic heterocycles. The van der Waals surface area contributed by atoms with Crippen molar-refractivity contribution >= 4 is 11.3 Å². The van der Waals surface area contributed by atoms with Crippen LogP contribution in [-0.2, 0) is 11.7 Å². The first kappa shape index (κ1) is 12.8. The van der Waals surface area contributed by atoms with Crippen LogP contribution in [0.2, 0.25) is 0 Å². The molecule has 0 aliphatic rings. The highest BCUT2D eigenvalue weighted by Gasteiger charge is 2.30. The summed E-state index contributed by atoms with van der Waals surface area (Å²) in [7, 11) is 0. The second kappa shape index (κ2) is 4.95. The van der Waals surface area contributed by atoms with Crippen molar-refractivity contribution in [2.45, 2.75) is 13.0 Å². The van der Waals surface area contributed by atoms with Crippen molar-refractivity contribution in [3.8, 4) is 16.3 Å². The lowest BCUT2D eigenvalue weighted by Crippen LogP contribution is -2.16. The first-order valence-corrected chi connectivity index (χ1v) is 5.74. The van der Waals surface area contributed by atoms with Crippen molar-refractivity contribution in [2.75, 3.05) is 0 Å². The third kappa shape index (κ3) is 3.21. The molecule has 0 amide bonds. The molecule has 3 nitrogen and oxygen atoms in total. The molecule has 0 saturated carbocycles. The van der Waals surface area contributed by atoms with E-state index in [0.717, 1.165) is 0 Å². The average Bonchev–Trinajstić information content (AvgIpc) is 2.76. The Balaban J connectivity index is 2.17. The molecule has 0 spiro atoms. The number of hydrogen-bond acceptors (Lipinski definition) is 3. The van der Waals surface area contributed by atoms with Gasteiger partial charge in [-0.2, -0.15) is 0 Å². The van der Waals surface area contributed by atoms with Crippen LogP contribution in [0.3, 0.4) is 0 Å². The zero-order valence-corrected chi connectivity index (χ0v) is 9.72. The van der Waals surface area contributed by atoms with E-state index in [2.05, 4.69) is 9.72 Å². The van der Waals surface area contributed by atoms with Gasteiger partial charge in [0.1, 0.15) is 17.4 Å². The molecule has 2 aromatic rings.